The molecule has 0 saturated heterocycles. The Morgan fingerprint density at radius 2 is 2.30 bits per heavy atom. The molecule has 0 bridgehead atoms. The van der Waals surface area contributed by atoms with Crippen LogP contribution in [-0.4, -0.2) is 40.6 Å². The van der Waals surface area contributed by atoms with Crippen LogP contribution in [0.15, 0.2) is 33.8 Å². The standard InChI is InChI=1S/C13H15ClN4OS/c1-15-13(20-3)18(2)8-11-16-12(17-19-11)9-5-4-6-10(14)7-9/h4-7H,8H2,1-3H3/b15-13+. The Morgan fingerprint density at radius 1 is 1.50 bits per heavy atom. The molecule has 1 aromatic carbocycles. The summed E-state index contributed by atoms with van der Waals surface area (Å²) in [6.07, 6.45) is 1.98. The van der Waals surface area contributed by atoms with Gasteiger partial charge in [0.1, 0.15) is 0 Å². The minimum absolute atomic E-state index is 0.515. The van der Waals surface area contributed by atoms with Crippen LogP contribution in [0.1, 0.15) is 5.89 Å². The van der Waals surface area contributed by atoms with E-state index in [0.717, 1.165) is 10.7 Å². The summed E-state index contributed by atoms with van der Waals surface area (Å²) in [4.78, 5) is 10.5. The van der Waals surface area contributed by atoms with Crippen LogP contribution >= 0.6 is 23.4 Å². The molecule has 0 spiro atoms. The highest BCUT2D eigenvalue weighted by Gasteiger charge is 2.12. The van der Waals surface area contributed by atoms with Crippen LogP contribution in [0.2, 0.25) is 5.02 Å². The predicted molar refractivity (Wildman–Crippen MR) is 83.1 cm³/mol. The zero-order valence-corrected chi connectivity index (χ0v) is 13.1. The average Bonchev–Trinajstić information content (AvgIpc) is 2.88. The van der Waals surface area contributed by atoms with Crippen LogP contribution in [0.3, 0.4) is 0 Å². The maximum absolute atomic E-state index is 5.95. The van der Waals surface area contributed by atoms with Gasteiger partial charge in [-0.3, -0.25) is 4.99 Å². The maximum atomic E-state index is 5.95. The summed E-state index contributed by atoms with van der Waals surface area (Å²) >= 11 is 7.52. The molecule has 0 aliphatic heterocycles. The summed E-state index contributed by atoms with van der Waals surface area (Å²) in [5, 5.41) is 5.53. The lowest BCUT2D eigenvalue weighted by atomic mass is 10.2. The molecule has 0 amide bonds. The van der Waals surface area contributed by atoms with Gasteiger partial charge in [0.2, 0.25) is 11.7 Å². The monoisotopic (exact) mass is 310 g/mol. The maximum Gasteiger partial charge on any atom is 0.246 e. The quantitative estimate of drug-likeness (QED) is 0.644. The molecule has 0 fully saturated rings. The van der Waals surface area contributed by atoms with Gasteiger partial charge in [-0.05, 0) is 18.4 Å². The summed E-state index contributed by atoms with van der Waals surface area (Å²) in [7, 11) is 3.69. The van der Waals surface area contributed by atoms with Crippen molar-refractivity contribution in [2.45, 2.75) is 6.54 Å². The second-order valence-corrected chi connectivity index (χ2v) is 5.30. The van der Waals surface area contributed by atoms with Crippen LogP contribution in [0.4, 0.5) is 0 Å². The molecule has 5 nitrogen and oxygen atoms in total. The summed E-state index contributed by atoms with van der Waals surface area (Å²) < 4.78 is 5.26. The number of aromatic nitrogens is 2. The number of hydrogen-bond donors (Lipinski definition) is 0. The summed E-state index contributed by atoms with van der Waals surface area (Å²) in [6.45, 7) is 0.515. The van der Waals surface area contributed by atoms with E-state index in [2.05, 4.69) is 15.1 Å². The summed E-state index contributed by atoms with van der Waals surface area (Å²) in [6, 6.07) is 7.36. The van der Waals surface area contributed by atoms with Crippen molar-refractivity contribution < 1.29 is 4.52 Å². The zero-order chi connectivity index (χ0) is 14.5. The minimum Gasteiger partial charge on any atom is -0.345 e. The van der Waals surface area contributed by atoms with E-state index in [9.17, 15) is 0 Å². The van der Waals surface area contributed by atoms with E-state index in [1.54, 1.807) is 24.9 Å². The van der Waals surface area contributed by atoms with Crippen molar-refractivity contribution in [3.05, 3.63) is 35.2 Å². The van der Waals surface area contributed by atoms with Gasteiger partial charge in [-0.25, -0.2) is 0 Å². The Balaban J connectivity index is 2.13. The van der Waals surface area contributed by atoms with Gasteiger partial charge in [0.05, 0.1) is 6.54 Å². The Kier molecular flexibility index (Phi) is 5.03. The molecule has 0 aliphatic rings. The highest BCUT2D eigenvalue weighted by molar-refractivity contribution is 8.13. The molecule has 1 heterocycles. The smallest absolute Gasteiger partial charge is 0.246 e. The van der Waals surface area contributed by atoms with Gasteiger partial charge in [0, 0.05) is 24.7 Å². The fourth-order valence-electron chi connectivity index (χ4n) is 1.75. The predicted octanol–water partition coefficient (Wildman–Crippen LogP) is 3.17. The van der Waals surface area contributed by atoms with Gasteiger partial charge in [0.25, 0.3) is 0 Å². The lowest BCUT2D eigenvalue weighted by Gasteiger charge is -2.16. The van der Waals surface area contributed by atoms with Gasteiger partial charge in [0.15, 0.2) is 5.17 Å². The van der Waals surface area contributed by atoms with Crippen molar-refractivity contribution in [3.63, 3.8) is 0 Å². The first-order valence-corrected chi connectivity index (χ1v) is 7.54. The molecule has 2 aromatic rings. The highest BCUT2D eigenvalue weighted by atomic mass is 35.5. The fourth-order valence-corrected chi connectivity index (χ4v) is 2.50. The largest absolute Gasteiger partial charge is 0.345 e. The van der Waals surface area contributed by atoms with Crippen LogP contribution in [0.25, 0.3) is 11.4 Å². The van der Waals surface area contributed by atoms with Crippen molar-refractivity contribution in [1.82, 2.24) is 15.0 Å². The molecule has 1 aromatic heterocycles. The number of benzene rings is 1. The Hall–Kier alpha value is -1.53. The molecule has 0 saturated carbocycles. The molecule has 0 atom stereocenters. The van der Waals surface area contributed by atoms with Gasteiger partial charge in [-0.1, -0.05) is 40.7 Å². The van der Waals surface area contributed by atoms with E-state index in [1.807, 2.05) is 36.4 Å². The molecule has 0 aliphatic carbocycles. The molecule has 2 rings (SSSR count). The van der Waals surface area contributed by atoms with Crippen molar-refractivity contribution in [1.29, 1.82) is 0 Å². The van der Waals surface area contributed by atoms with Gasteiger partial charge in [-0.15, -0.1) is 0 Å². The minimum atomic E-state index is 0.515. The van der Waals surface area contributed by atoms with Crippen LogP contribution in [0.5, 0.6) is 0 Å². The van der Waals surface area contributed by atoms with Crippen molar-refractivity contribution in [2.75, 3.05) is 20.4 Å². The number of rotatable bonds is 3. The van der Waals surface area contributed by atoms with Crippen LogP contribution in [-0.2, 0) is 6.54 Å². The third-order valence-electron chi connectivity index (χ3n) is 2.62. The second kappa shape index (κ2) is 6.76. The van der Waals surface area contributed by atoms with E-state index in [1.165, 1.54) is 0 Å². The number of thioether (sulfide) groups is 1. The molecule has 0 N–H and O–H groups in total. The van der Waals surface area contributed by atoms with E-state index in [-0.39, 0.29) is 0 Å². The molecule has 0 unspecified atom stereocenters. The molecule has 0 radical (unpaired) electrons. The third-order valence-corrected chi connectivity index (χ3v) is 3.72. The van der Waals surface area contributed by atoms with Gasteiger partial charge in [-0.2, -0.15) is 4.98 Å². The molecule has 20 heavy (non-hydrogen) atoms. The van der Waals surface area contributed by atoms with Gasteiger partial charge >= 0.3 is 0 Å². The average molecular weight is 311 g/mol. The third kappa shape index (κ3) is 3.52. The van der Waals surface area contributed by atoms with Crippen molar-refractivity contribution in [3.8, 4) is 11.4 Å². The van der Waals surface area contributed by atoms with E-state index in [0.29, 0.717) is 23.3 Å². The normalized spacial score (nSPS) is 11.7. The van der Waals surface area contributed by atoms with Crippen molar-refractivity contribution in [2.24, 2.45) is 4.99 Å². The molecular weight excluding hydrogens is 296 g/mol. The first kappa shape index (κ1) is 14.9. The Bertz CT molecular complexity index is 614. The van der Waals surface area contributed by atoms with E-state index in [4.69, 9.17) is 16.1 Å². The SMILES string of the molecule is C/N=C(/SC)N(C)Cc1nc(-c2cccc(Cl)c2)no1. The second-order valence-electron chi connectivity index (χ2n) is 4.09. The topological polar surface area (TPSA) is 54.5 Å². The Labute approximate surface area is 127 Å². The van der Waals surface area contributed by atoms with E-state index >= 15 is 0 Å². The highest BCUT2D eigenvalue weighted by Crippen LogP contribution is 2.20. The van der Waals surface area contributed by atoms with Crippen LogP contribution < -0.4 is 0 Å². The number of aliphatic imine (C=N–C) groups is 1. The first-order chi connectivity index (χ1) is 9.63. The molecular formula is C13H15ClN4OS. The number of halogens is 1. The van der Waals surface area contributed by atoms with Crippen LogP contribution in [0, 0.1) is 0 Å². The first-order valence-electron chi connectivity index (χ1n) is 5.94. The summed E-state index contributed by atoms with van der Waals surface area (Å²) in [5.74, 6) is 1.08. The van der Waals surface area contributed by atoms with Crippen molar-refractivity contribution >= 4 is 28.5 Å². The fraction of sp³-hybridized carbons (Fsp3) is 0.308. The Morgan fingerprint density at radius 3 is 2.95 bits per heavy atom. The number of hydrogen-bond acceptors (Lipinski definition) is 5. The molecule has 106 valence electrons. The van der Waals surface area contributed by atoms with E-state index < -0.39 is 0 Å². The zero-order valence-electron chi connectivity index (χ0n) is 11.5. The lowest BCUT2D eigenvalue weighted by molar-refractivity contribution is 0.337. The summed E-state index contributed by atoms with van der Waals surface area (Å²) in [5.41, 5.74) is 0.837. The number of nitrogens with zero attached hydrogens (tertiary/aromatic N) is 4. The number of amidine groups is 1. The lowest BCUT2D eigenvalue weighted by Crippen LogP contribution is -2.23. The van der Waals surface area contributed by atoms with Gasteiger partial charge < -0.3 is 9.42 Å². The molecule has 7 heteroatoms.